The SMILES string of the molecule is CCOP(=O)(O)Cc1ccc(Cc2ccc(OC(C)O)cc2)cc1. The highest BCUT2D eigenvalue weighted by Gasteiger charge is 2.18. The quantitative estimate of drug-likeness (QED) is 0.561. The molecule has 2 N–H and O–H groups in total. The fraction of sp³-hybridized carbons (Fsp3) is 0.333. The van der Waals surface area contributed by atoms with Crippen LogP contribution in [0.2, 0.25) is 0 Å². The minimum atomic E-state index is -3.55. The molecule has 0 bridgehead atoms. The van der Waals surface area contributed by atoms with Gasteiger partial charge in [0.05, 0.1) is 12.8 Å². The average Bonchev–Trinajstić information content (AvgIpc) is 2.50. The summed E-state index contributed by atoms with van der Waals surface area (Å²) in [6, 6.07) is 15.1. The highest BCUT2D eigenvalue weighted by molar-refractivity contribution is 7.51. The van der Waals surface area contributed by atoms with Crippen LogP contribution in [0.5, 0.6) is 5.75 Å². The standard InChI is InChI=1S/C18H23O5P/c1-3-22-24(20,21)13-17-6-4-15(5-7-17)12-16-8-10-18(11-9-16)23-14(2)19/h4-11,14,19H,3,12-13H2,1-2H3,(H,20,21). The van der Waals surface area contributed by atoms with Crippen molar-refractivity contribution >= 4 is 7.60 Å². The van der Waals surface area contributed by atoms with Gasteiger partial charge in [-0.15, -0.1) is 0 Å². The van der Waals surface area contributed by atoms with E-state index >= 15 is 0 Å². The van der Waals surface area contributed by atoms with Gasteiger partial charge in [-0.2, -0.15) is 0 Å². The Morgan fingerprint density at radius 3 is 2.00 bits per heavy atom. The maximum Gasteiger partial charge on any atom is 0.332 e. The van der Waals surface area contributed by atoms with Crippen molar-refractivity contribution in [3.63, 3.8) is 0 Å². The molecule has 0 aliphatic carbocycles. The minimum Gasteiger partial charge on any atom is -0.465 e. The normalized spacial score (nSPS) is 14.8. The van der Waals surface area contributed by atoms with Crippen LogP contribution in [0.3, 0.4) is 0 Å². The molecule has 2 unspecified atom stereocenters. The smallest absolute Gasteiger partial charge is 0.332 e. The molecule has 0 fully saturated rings. The summed E-state index contributed by atoms with van der Waals surface area (Å²) in [4.78, 5) is 9.66. The van der Waals surface area contributed by atoms with Crippen molar-refractivity contribution in [1.82, 2.24) is 0 Å². The van der Waals surface area contributed by atoms with Gasteiger partial charge in [-0.25, -0.2) is 0 Å². The number of ether oxygens (including phenoxy) is 1. The highest BCUT2D eigenvalue weighted by Crippen LogP contribution is 2.45. The van der Waals surface area contributed by atoms with Gasteiger partial charge in [0.2, 0.25) is 0 Å². The van der Waals surface area contributed by atoms with E-state index in [1.165, 1.54) is 0 Å². The third-order valence-electron chi connectivity index (χ3n) is 3.37. The zero-order valence-electron chi connectivity index (χ0n) is 13.9. The van der Waals surface area contributed by atoms with Gasteiger partial charge < -0.3 is 19.3 Å². The van der Waals surface area contributed by atoms with Gasteiger partial charge in [-0.1, -0.05) is 36.4 Å². The van der Waals surface area contributed by atoms with Gasteiger partial charge in [0, 0.05) is 0 Å². The van der Waals surface area contributed by atoms with Crippen molar-refractivity contribution in [2.75, 3.05) is 6.61 Å². The van der Waals surface area contributed by atoms with E-state index in [2.05, 4.69) is 0 Å². The summed E-state index contributed by atoms with van der Waals surface area (Å²) in [5.74, 6) is 0.624. The third-order valence-corrected chi connectivity index (χ3v) is 4.80. The first-order valence-corrected chi connectivity index (χ1v) is 9.62. The number of hydrogen-bond donors (Lipinski definition) is 2. The van der Waals surface area contributed by atoms with E-state index in [0.29, 0.717) is 5.75 Å². The first-order chi connectivity index (χ1) is 11.4. The molecule has 2 aromatic rings. The molecular weight excluding hydrogens is 327 g/mol. The van der Waals surface area contributed by atoms with E-state index in [1.807, 2.05) is 48.5 Å². The molecule has 0 heterocycles. The Morgan fingerprint density at radius 2 is 1.50 bits per heavy atom. The van der Waals surface area contributed by atoms with E-state index in [4.69, 9.17) is 9.26 Å². The third kappa shape index (κ3) is 6.10. The van der Waals surface area contributed by atoms with Gasteiger partial charge >= 0.3 is 7.60 Å². The minimum absolute atomic E-state index is 0.0203. The average molecular weight is 350 g/mol. The molecule has 2 atom stereocenters. The molecule has 0 saturated heterocycles. The Morgan fingerprint density at radius 1 is 1.00 bits per heavy atom. The summed E-state index contributed by atoms with van der Waals surface area (Å²) in [6.45, 7) is 3.48. The van der Waals surface area contributed by atoms with E-state index in [1.54, 1.807) is 13.8 Å². The van der Waals surface area contributed by atoms with E-state index in [-0.39, 0.29) is 12.8 Å². The molecule has 0 aliphatic rings. The topological polar surface area (TPSA) is 76.0 Å². The second-order valence-electron chi connectivity index (χ2n) is 5.57. The Kier molecular flexibility index (Phi) is 6.58. The van der Waals surface area contributed by atoms with Crippen molar-refractivity contribution in [3.8, 4) is 5.75 Å². The number of hydrogen-bond acceptors (Lipinski definition) is 4. The highest BCUT2D eigenvalue weighted by atomic mass is 31.2. The molecule has 24 heavy (non-hydrogen) atoms. The lowest BCUT2D eigenvalue weighted by atomic mass is 10.0. The second kappa shape index (κ2) is 8.45. The van der Waals surface area contributed by atoms with E-state index in [9.17, 15) is 14.6 Å². The number of aliphatic hydroxyl groups excluding tert-OH is 1. The first kappa shape index (κ1) is 18.7. The lowest BCUT2D eigenvalue weighted by molar-refractivity contribution is -0.000305. The largest absolute Gasteiger partial charge is 0.465 e. The second-order valence-corrected chi connectivity index (χ2v) is 7.42. The molecule has 0 spiro atoms. The van der Waals surface area contributed by atoms with Gasteiger partial charge in [0.15, 0.2) is 6.29 Å². The summed E-state index contributed by atoms with van der Waals surface area (Å²) in [6.07, 6.45) is -0.0631. The zero-order valence-corrected chi connectivity index (χ0v) is 14.8. The molecule has 0 radical (unpaired) electrons. The summed E-state index contributed by atoms with van der Waals surface area (Å²) < 4.78 is 21.8. The van der Waals surface area contributed by atoms with Crippen LogP contribution >= 0.6 is 7.60 Å². The predicted octanol–water partition coefficient (Wildman–Crippen LogP) is 3.72. The Bertz CT molecular complexity index is 680. The summed E-state index contributed by atoms with van der Waals surface area (Å²) in [7, 11) is -3.55. The molecule has 0 saturated carbocycles. The molecule has 5 nitrogen and oxygen atoms in total. The van der Waals surface area contributed by atoms with Crippen LogP contribution in [0.25, 0.3) is 0 Å². The molecule has 130 valence electrons. The molecular formula is C18H23O5P. The number of rotatable bonds is 8. The number of aliphatic hydroxyl groups is 1. The Labute approximate surface area is 142 Å². The maximum atomic E-state index is 11.8. The molecule has 2 rings (SSSR count). The maximum absolute atomic E-state index is 11.8. The molecule has 2 aromatic carbocycles. The fourth-order valence-electron chi connectivity index (χ4n) is 2.36. The molecule has 0 aliphatic heterocycles. The van der Waals surface area contributed by atoms with Crippen LogP contribution in [0.1, 0.15) is 30.5 Å². The van der Waals surface area contributed by atoms with Crippen LogP contribution in [-0.4, -0.2) is 22.9 Å². The zero-order chi connectivity index (χ0) is 17.6. The van der Waals surface area contributed by atoms with Gasteiger partial charge in [0.1, 0.15) is 5.75 Å². The Hall–Kier alpha value is -1.65. The van der Waals surface area contributed by atoms with Crippen LogP contribution in [-0.2, 0) is 21.7 Å². The summed E-state index contributed by atoms with van der Waals surface area (Å²) in [5, 5.41) is 9.18. The molecule has 0 amide bonds. The number of benzene rings is 2. The monoisotopic (exact) mass is 350 g/mol. The van der Waals surface area contributed by atoms with Crippen LogP contribution in [0.4, 0.5) is 0 Å². The van der Waals surface area contributed by atoms with Crippen molar-refractivity contribution in [3.05, 3.63) is 65.2 Å². The lowest BCUT2D eigenvalue weighted by Crippen LogP contribution is -2.09. The summed E-state index contributed by atoms with van der Waals surface area (Å²) in [5.41, 5.74) is 2.99. The van der Waals surface area contributed by atoms with Gasteiger partial charge in [-0.3, -0.25) is 4.57 Å². The van der Waals surface area contributed by atoms with Crippen molar-refractivity contribution in [1.29, 1.82) is 0 Å². The van der Waals surface area contributed by atoms with E-state index in [0.717, 1.165) is 23.1 Å². The first-order valence-electron chi connectivity index (χ1n) is 7.86. The van der Waals surface area contributed by atoms with Crippen LogP contribution in [0.15, 0.2) is 48.5 Å². The lowest BCUT2D eigenvalue weighted by Gasteiger charge is -2.11. The predicted molar refractivity (Wildman–Crippen MR) is 93.2 cm³/mol. The Balaban J connectivity index is 1.97. The van der Waals surface area contributed by atoms with Gasteiger partial charge in [0.25, 0.3) is 0 Å². The molecule has 6 heteroatoms. The molecule has 0 aromatic heterocycles. The van der Waals surface area contributed by atoms with Gasteiger partial charge in [-0.05, 0) is 49.1 Å². The van der Waals surface area contributed by atoms with Crippen LogP contribution < -0.4 is 4.74 Å². The van der Waals surface area contributed by atoms with Crippen molar-refractivity contribution in [2.45, 2.75) is 32.7 Å². The fourth-order valence-corrected chi connectivity index (χ4v) is 3.53. The van der Waals surface area contributed by atoms with E-state index < -0.39 is 13.9 Å². The van der Waals surface area contributed by atoms with Crippen LogP contribution in [0, 0.1) is 0 Å². The van der Waals surface area contributed by atoms with Crippen molar-refractivity contribution < 1.29 is 23.8 Å². The van der Waals surface area contributed by atoms with Crippen molar-refractivity contribution in [2.24, 2.45) is 0 Å². The summed E-state index contributed by atoms with van der Waals surface area (Å²) >= 11 is 0.